The summed E-state index contributed by atoms with van der Waals surface area (Å²) in [5.74, 6) is 0.253. The Hall–Kier alpha value is -2.56. The zero-order chi connectivity index (χ0) is 15.0. The van der Waals surface area contributed by atoms with Gasteiger partial charge in [-0.3, -0.25) is 4.98 Å². The second-order valence-electron chi connectivity index (χ2n) is 5.33. The lowest BCUT2D eigenvalue weighted by Crippen LogP contribution is -2.13. The molecule has 3 heterocycles. The van der Waals surface area contributed by atoms with Crippen LogP contribution in [0.4, 0.5) is 0 Å². The molecule has 0 aliphatic rings. The van der Waals surface area contributed by atoms with Crippen molar-refractivity contribution in [2.24, 2.45) is 0 Å². The molecule has 0 atom stereocenters. The fraction of sp³-hybridized carbons (Fsp3) is 0.250. The number of aryl methyl sites for hydroxylation is 1. The number of aromatic nitrogens is 4. The highest BCUT2D eigenvalue weighted by Gasteiger charge is 2.16. The van der Waals surface area contributed by atoms with E-state index in [1.165, 1.54) is 0 Å². The molecule has 0 fully saturated rings. The Morgan fingerprint density at radius 3 is 2.71 bits per heavy atom. The topological polar surface area (TPSA) is 71.5 Å². The zero-order valence-corrected chi connectivity index (χ0v) is 12.2. The lowest BCUT2D eigenvalue weighted by atomic mass is 9.96. The van der Waals surface area contributed by atoms with Crippen LogP contribution in [0.25, 0.3) is 22.3 Å². The summed E-state index contributed by atoms with van der Waals surface area (Å²) in [4.78, 5) is 27.3. The van der Waals surface area contributed by atoms with Crippen LogP contribution in [0.2, 0.25) is 0 Å². The van der Waals surface area contributed by atoms with Gasteiger partial charge in [0.2, 0.25) is 0 Å². The van der Waals surface area contributed by atoms with Crippen molar-refractivity contribution >= 4 is 11.0 Å². The molecular weight excluding hydrogens is 264 g/mol. The van der Waals surface area contributed by atoms with E-state index in [9.17, 15) is 4.79 Å². The second kappa shape index (κ2) is 5.09. The lowest BCUT2D eigenvalue weighted by molar-refractivity contribution is 0.822. The Labute approximate surface area is 122 Å². The van der Waals surface area contributed by atoms with Crippen molar-refractivity contribution in [3.05, 3.63) is 52.3 Å². The molecule has 3 rings (SSSR count). The van der Waals surface area contributed by atoms with Gasteiger partial charge in [0.1, 0.15) is 0 Å². The van der Waals surface area contributed by atoms with E-state index in [0.29, 0.717) is 5.65 Å². The number of hydrogen-bond acceptors (Lipinski definition) is 4. The van der Waals surface area contributed by atoms with E-state index in [2.05, 4.69) is 33.8 Å². The average Bonchev–Trinajstić information content (AvgIpc) is 2.46. The number of aromatic amines is 1. The highest BCUT2D eigenvalue weighted by molar-refractivity contribution is 5.91. The van der Waals surface area contributed by atoms with Crippen molar-refractivity contribution in [1.82, 2.24) is 19.9 Å². The van der Waals surface area contributed by atoms with E-state index < -0.39 is 5.69 Å². The number of nitrogens with one attached hydrogen (secondary N) is 1. The summed E-state index contributed by atoms with van der Waals surface area (Å²) < 4.78 is 0. The molecule has 0 radical (unpaired) electrons. The number of H-pyrrole nitrogens is 1. The molecule has 0 saturated carbocycles. The van der Waals surface area contributed by atoms with Crippen LogP contribution >= 0.6 is 0 Å². The monoisotopic (exact) mass is 280 g/mol. The van der Waals surface area contributed by atoms with E-state index >= 15 is 0 Å². The van der Waals surface area contributed by atoms with Crippen LogP contribution in [-0.2, 0) is 0 Å². The molecule has 0 amide bonds. The minimum atomic E-state index is -0.394. The fourth-order valence-electron chi connectivity index (χ4n) is 2.52. The Balaban J connectivity index is 2.44. The largest absolute Gasteiger partial charge is 0.347 e. The molecule has 0 aliphatic heterocycles. The van der Waals surface area contributed by atoms with Crippen LogP contribution < -0.4 is 5.69 Å². The SMILES string of the molecule is Cc1ccnc(C(C)C)c1-c1[nH]c(=O)nc2ncccc12. The van der Waals surface area contributed by atoms with Gasteiger partial charge in [-0.15, -0.1) is 0 Å². The molecule has 21 heavy (non-hydrogen) atoms. The Morgan fingerprint density at radius 2 is 1.95 bits per heavy atom. The summed E-state index contributed by atoms with van der Waals surface area (Å²) in [6, 6.07) is 5.70. The number of fused-ring (bicyclic) bond motifs is 1. The number of rotatable bonds is 2. The van der Waals surface area contributed by atoms with Crippen molar-refractivity contribution in [3.8, 4) is 11.3 Å². The van der Waals surface area contributed by atoms with E-state index in [1.807, 2.05) is 25.1 Å². The maximum Gasteiger partial charge on any atom is 0.347 e. The quantitative estimate of drug-likeness (QED) is 0.783. The molecule has 1 N–H and O–H groups in total. The van der Waals surface area contributed by atoms with Crippen LogP contribution in [-0.4, -0.2) is 19.9 Å². The predicted octanol–water partition coefficient (Wildman–Crippen LogP) is 2.81. The number of hydrogen-bond donors (Lipinski definition) is 1. The molecule has 106 valence electrons. The smallest absolute Gasteiger partial charge is 0.305 e. The summed E-state index contributed by atoms with van der Waals surface area (Å²) in [5, 5.41) is 0.829. The Morgan fingerprint density at radius 1 is 1.14 bits per heavy atom. The van der Waals surface area contributed by atoms with Gasteiger partial charge in [-0.05, 0) is 36.6 Å². The molecule has 0 unspecified atom stereocenters. The minimum absolute atomic E-state index is 0.253. The molecule has 5 heteroatoms. The van der Waals surface area contributed by atoms with E-state index in [-0.39, 0.29) is 5.92 Å². The maximum atomic E-state index is 11.8. The zero-order valence-electron chi connectivity index (χ0n) is 12.2. The average molecular weight is 280 g/mol. The molecule has 5 nitrogen and oxygen atoms in total. The third-order valence-corrected chi connectivity index (χ3v) is 3.48. The van der Waals surface area contributed by atoms with Crippen molar-refractivity contribution < 1.29 is 0 Å². The summed E-state index contributed by atoms with van der Waals surface area (Å²) in [6.45, 7) is 6.19. The van der Waals surface area contributed by atoms with Crippen molar-refractivity contribution in [3.63, 3.8) is 0 Å². The van der Waals surface area contributed by atoms with Crippen LogP contribution in [0.3, 0.4) is 0 Å². The van der Waals surface area contributed by atoms with Gasteiger partial charge in [-0.2, -0.15) is 4.98 Å². The summed E-state index contributed by atoms with van der Waals surface area (Å²) >= 11 is 0. The standard InChI is InChI=1S/C16H16N4O/c1-9(2)13-12(10(3)6-8-17-13)14-11-5-4-7-18-15(11)20-16(21)19-14/h4-9H,1-3H3,(H,18,19,20,21). The van der Waals surface area contributed by atoms with Crippen LogP contribution in [0.15, 0.2) is 35.4 Å². The van der Waals surface area contributed by atoms with E-state index in [4.69, 9.17) is 0 Å². The Bertz CT molecular complexity index is 868. The van der Waals surface area contributed by atoms with Crippen LogP contribution in [0.1, 0.15) is 31.0 Å². The molecule has 0 aromatic carbocycles. The predicted molar refractivity (Wildman–Crippen MR) is 82.2 cm³/mol. The first-order chi connectivity index (χ1) is 10.1. The normalized spacial score (nSPS) is 11.2. The highest BCUT2D eigenvalue weighted by atomic mass is 16.1. The summed E-state index contributed by atoms with van der Waals surface area (Å²) in [7, 11) is 0. The van der Waals surface area contributed by atoms with Crippen molar-refractivity contribution in [1.29, 1.82) is 0 Å². The number of nitrogens with zero attached hydrogens (tertiary/aromatic N) is 3. The second-order valence-corrected chi connectivity index (χ2v) is 5.33. The van der Waals surface area contributed by atoms with Gasteiger partial charge in [-0.1, -0.05) is 13.8 Å². The lowest BCUT2D eigenvalue weighted by Gasteiger charge is -2.15. The first-order valence-corrected chi connectivity index (χ1v) is 6.89. The Kier molecular flexibility index (Phi) is 3.25. The van der Waals surface area contributed by atoms with Gasteiger partial charge in [-0.25, -0.2) is 9.78 Å². The van der Waals surface area contributed by atoms with E-state index in [0.717, 1.165) is 27.9 Å². The van der Waals surface area contributed by atoms with Gasteiger partial charge < -0.3 is 4.98 Å². The van der Waals surface area contributed by atoms with Crippen molar-refractivity contribution in [2.75, 3.05) is 0 Å². The molecular formula is C16H16N4O. The van der Waals surface area contributed by atoms with Gasteiger partial charge in [0.05, 0.1) is 11.4 Å². The molecule has 3 aromatic rings. The fourth-order valence-corrected chi connectivity index (χ4v) is 2.52. The molecule has 0 aliphatic carbocycles. The van der Waals surface area contributed by atoms with Gasteiger partial charge in [0.15, 0.2) is 5.65 Å². The molecule has 0 spiro atoms. The van der Waals surface area contributed by atoms with Gasteiger partial charge in [0, 0.05) is 23.3 Å². The number of pyridine rings is 2. The van der Waals surface area contributed by atoms with Crippen molar-refractivity contribution in [2.45, 2.75) is 26.7 Å². The molecule has 3 aromatic heterocycles. The molecule has 0 saturated heterocycles. The first-order valence-electron chi connectivity index (χ1n) is 6.89. The van der Waals surface area contributed by atoms with Crippen LogP contribution in [0.5, 0.6) is 0 Å². The van der Waals surface area contributed by atoms with Crippen LogP contribution in [0, 0.1) is 6.92 Å². The van der Waals surface area contributed by atoms with Gasteiger partial charge in [0.25, 0.3) is 0 Å². The summed E-state index contributed by atoms with van der Waals surface area (Å²) in [5.41, 5.74) is 3.79. The van der Waals surface area contributed by atoms with Gasteiger partial charge >= 0.3 is 5.69 Å². The first kappa shape index (κ1) is 13.4. The molecule has 0 bridgehead atoms. The summed E-state index contributed by atoms with van der Waals surface area (Å²) in [6.07, 6.45) is 3.44. The maximum absolute atomic E-state index is 11.8. The van der Waals surface area contributed by atoms with E-state index in [1.54, 1.807) is 12.4 Å². The third kappa shape index (κ3) is 2.31. The minimum Gasteiger partial charge on any atom is -0.305 e. The highest BCUT2D eigenvalue weighted by Crippen LogP contribution is 2.32. The third-order valence-electron chi connectivity index (χ3n) is 3.48.